The summed E-state index contributed by atoms with van der Waals surface area (Å²) in [6.07, 6.45) is 3.71. The van der Waals surface area contributed by atoms with E-state index in [1.807, 2.05) is 24.5 Å². The van der Waals surface area contributed by atoms with Crippen LogP contribution in [0.5, 0.6) is 0 Å². The standard InChI is InChI=1S/C43H29N7/c1-28-11-10-12-31(25-28)48-42(29-21-23-44-40(26-29)49-36-17-6-2-13-32(36)33-14-3-7-18-37(33)49)46-47-43(48)30-22-24-45-41(27-30)50-38-19-8-4-15-34(38)35-16-5-9-20-39(35)50/h2-27H,1H3. The molecule has 0 saturated heterocycles. The van der Waals surface area contributed by atoms with Crippen LogP contribution >= 0.6 is 0 Å². The van der Waals surface area contributed by atoms with E-state index < -0.39 is 0 Å². The molecule has 0 fully saturated rings. The van der Waals surface area contributed by atoms with Crippen molar-refractivity contribution in [2.45, 2.75) is 6.92 Å². The van der Waals surface area contributed by atoms with E-state index in [0.29, 0.717) is 0 Å². The van der Waals surface area contributed by atoms with Gasteiger partial charge in [0.05, 0.1) is 22.1 Å². The lowest BCUT2D eigenvalue weighted by molar-refractivity contribution is 1.04. The first-order valence-corrected chi connectivity index (χ1v) is 16.7. The number of aromatic nitrogens is 7. The van der Waals surface area contributed by atoms with Crippen molar-refractivity contribution in [3.63, 3.8) is 0 Å². The second-order valence-corrected chi connectivity index (χ2v) is 12.6. The zero-order valence-corrected chi connectivity index (χ0v) is 27.1. The SMILES string of the molecule is Cc1cccc(-n2c(-c3ccnc(-n4c5ccccc5c5ccccc54)c3)nnc2-c2ccnc(-n3c4ccccc4c4ccccc43)c2)c1. The van der Waals surface area contributed by atoms with Gasteiger partial charge in [0, 0.05) is 50.8 Å². The summed E-state index contributed by atoms with van der Waals surface area (Å²) in [4.78, 5) is 9.75. The molecular weight excluding hydrogens is 615 g/mol. The molecule has 0 radical (unpaired) electrons. The highest BCUT2D eigenvalue weighted by Crippen LogP contribution is 2.35. The van der Waals surface area contributed by atoms with E-state index >= 15 is 0 Å². The Balaban J connectivity index is 1.17. The number of rotatable bonds is 5. The van der Waals surface area contributed by atoms with Crippen LogP contribution in [-0.2, 0) is 0 Å². The summed E-state index contributed by atoms with van der Waals surface area (Å²) >= 11 is 0. The van der Waals surface area contributed by atoms with Crippen LogP contribution in [0.25, 0.3) is 83.7 Å². The molecule has 5 aromatic carbocycles. The Labute approximate surface area is 287 Å². The maximum absolute atomic E-state index is 4.87. The molecule has 0 unspecified atom stereocenters. The maximum Gasteiger partial charge on any atom is 0.169 e. The molecule has 0 aliphatic carbocycles. The smallest absolute Gasteiger partial charge is 0.169 e. The molecule has 0 saturated carbocycles. The van der Waals surface area contributed by atoms with Gasteiger partial charge in [-0.05, 0) is 73.2 Å². The molecule has 0 aliphatic heterocycles. The van der Waals surface area contributed by atoms with E-state index in [4.69, 9.17) is 20.2 Å². The van der Waals surface area contributed by atoms with Gasteiger partial charge >= 0.3 is 0 Å². The van der Waals surface area contributed by atoms with Crippen molar-refractivity contribution < 1.29 is 0 Å². The van der Waals surface area contributed by atoms with E-state index in [1.54, 1.807) is 0 Å². The van der Waals surface area contributed by atoms with E-state index in [-0.39, 0.29) is 0 Å². The average molecular weight is 644 g/mol. The van der Waals surface area contributed by atoms with E-state index in [0.717, 1.165) is 67.7 Å². The maximum atomic E-state index is 4.87. The Hall–Kier alpha value is -6.86. The van der Waals surface area contributed by atoms with Gasteiger partial charge in [0.15, 0.2) is 11.6 Å². The third-order valence-corrected chi connectivity index (χ3v) is 9.55. The summed E-state index contributed by atoms with van der Waals surface area (Å²) in [5.41, 5.74) is 8.37. The molecule has 0 bridgehead atoms. The van der Waals surface area contributed by atoms with Crippen LogP contribution in [-0.4, -0.2) is 33.9 Å². The molecule has 7 nitrogen and oxygen atoms in total. The Morgan fingerprint density at radius 2 is 0.820 bits per heavy atom. The van der Waals surface area contributed by atoms with E-state index in [9.17, 15) is 0 Å². The predicted molar refractivity (Wildman–Crippen MR) is 201 cm³/mol. The van der Waals surface area contributed by atoms with Crippen molar-refractivity contribution >= 4 is 43.6 Å². The molecule has 50 heavy (non-hydrogen) atoms. The first-order chi connectivity index (χ1) is 24.7. The van der Waals surface area contributed by atoms with Crippen molar-refractivity contribution in [2.75, 3.05) is 0 Å². The number of para-hydroxylation sites is 4. The van der Waals surface area contributed by atoms with Crippen molar-refractivity contribution in [3.8, 4) is 40.1 Å². The quantitative estimate of drug-likeness (QED) is 0.187. The predicted octanol–water partition coefficient (Wildman–Crippen LogP) is 9.89. The van der Waals surface area contributed by atoms with Gasteiger partial charge in [0.2, 0.25) is 0 Å². The number of benzene rings is 5. The van der Waals surface area contributed by atoms with Crippen LogP contribution in [0.1, 0.15) is 5.56 Å². The molecule has 0 N–H and O–H groups in total. The molecule has 236 valence electrons. The zero-order chi connectivity index (χ0) is 33.2. The highest BCUT2D eigenvalue weighted by Gasteiger charge is 2.21. The van der Waals surface area contributed by atoms with Gasteiger partial charge in [-0.15, -0.1) is 10.2 Å². The third-order valence-electron chi connectivity index (χ3n) is 9.55. The molecule has 10 rings (SSSR count). The fourth-order valence-electron chi connectivity index (χ4n) is 7.37. The Bertz CT molecular complexity index is 2630. The summed E-state index contributed by atoms with van der Waals surface area (Å²) in [5.74, 6) is 3.09. The molecule has 0 aliphatic rings. The van der Waals surface area contributed by atoms with Gasteiger partial charge in [0.25, 0.3) is 0 Å². The number of fused-ring (bicyclic) bond motifs is 6. The number of hydrogen-bond acceptors (Lipinski definition) is 4. The Kier molecular flexibility index (Phi) is 6.26. The number of nitrogens with zero attached hydrogens (tertiary/aromatic N) is 7. The van der Waals surface area contributed by atoms with Gasteiger partial charge < -0.3 is 0 Å². The highest BCUT2D eigenvalue weighted by atomic mass is 15.3. The molecule has 5 aromatic heterocycles. The minimum absolute atomic E-state index is 0.727. The van der Waals surface area contributed by atoms with Gasteiger partial charge in [-0.1, -0.05) is 84.9 Å². The lowest BCUT2D eigenvalue weighted by atomic mass is 10.1. The van der Waals surface area contributed by atoms with E-state index in [2.05, 4.69) is 154 Å². The summed E-state index contributed by atoms with van der Waals surface area (Å²) in [5, 5.41) is 14.5. The second-order valence-electron chi connectivity index (χ2n) is 12.6. The van der Waals surface area contributed by atoms with Crippen LogP contribution in [0.15, 0.2) is 158 Å². The third kappa shape index (κ3) is 4.30. The lowest BCUT2D eigenvalue weighted by Gasteiger charge is -2.14. The van der Waals surface area contributed by atoms with Crippen LogP contribution in [0.4, 0.5) is 0 Å². The molecular formula is C43H29N7. The van der Waals surface area contributed by atoms with Crippen LogP contribution in [0.3, 0.4) is 0 Å². The summed E-state index contributed by atoms with van der Waals surface area (Å²) < 4.78 is 6.59. The van der Waals surface area contributed by atoms with E-state index in [1.165, 1.54) is 21.5 Å². The first-order valence-electron chi connectivity index (χ1n) is 16.7. The summed E-state index contributed by atoms with van der Waals surface area (Å²) in [6.45, 7) is 2.10. The van der Waals surface area contributed by atoms with Crippen molar-refractivity contribution in [1.29, 1.82) is 0 Å². The molecule has 7 heteroatoms. The van der Waals surface area contributed by atoms with Gasteiger partial charge in [-0.25, -0.2) is 9.97 Å². The molecule has 10 aromatic rings. The van der Waals surface area contributed by atoms with Crippen LogP contribution in [0, 0.1) is 6.92 Å². The summed E-state index contributed by atoms with van der Waals surface area (Å²) in [7, 11) is 0. The molecule has 0 atom stereocenters. The van der Waals surface area contributed by atoms with Crippen molar-refractivity contribution in [1.82, 2.24) is 33.9 Å². The molecule has 0 spiro atoms. The average Bonchev–Trinajstić information content (AvgIpc) is 3.86. The van der Waals surface area contributed by atoms with Crippen LogP contribution in [0.2, 0.25) is 0 Å². The fraction of sp³-hybridized carbons (Fsp3) is 0.0233. The van der Waals surface area contributed by atoms with Gasteiger partial charge in [-0.2, -0.15) is 0 Å². The minimum Gasteiger partial charge on any atom is -0.294 e. The molecule has 0 amide bonds. The summed E-state index contributed by atoms with van der Waals surface area (Å²) in [6, 6.07) is 50.6. The Morgan fingerprint density at radius 3 is 1.24 bits per heavy atom. The lowest BCUT2D eigenvalue weighted by Crippen LogP contribution is -2.03. The minimum atomic E-state index is 0.727. The monoisotopic (exact) mass is 643 g/mol. The second kappa shape index (κ2) is 11.1. The largest absolute Gasteiger partial charge is 0.294 e. The first kappa shape index (κ1) is 28.2. The fourth-order valence-corrected chi connectivity index (χ4v) is 7.37. The van der Waals surface area contributed by atoms with Crippen molar-refractivity contribution in [2.24, 2.45) is 0 Å². The zero-order valence-electron chi connectivity index (χ0n) is 27.1. The topological polar surface area (TPSA) is 66.3 Å². The molecule has 5 heterocycles. The van der Waals surface area contributed by atoms with Gasteiger partial charge in [0.1, 0.15) is 11.6 Å². The number of aryl methyl sites for hydroxylation is 1. The van der Waals surface area contributed by atoms with Gasteiger partial charge in [-0.3, -0.25) is 13.7 Å². The van der Waals surface area contributed by atoms with Crippen LogP contribution < -0.4 is 0 Å². The van der Waals surface area contributed by atoms with Crippen molar-refractivity contribution in [3.05, 3.63) is 164 Å². The normalized spacial score (nSPS) is 11.7. The highest BCUT2D eigenvalue weighted by molar-refractivity contribution is 6.10. The Morgan fingerprint density at radius 1 is 0.400 bits per heavy atom. The number of pyridine rings is 2. The number of hydrogen-bond donors (Lipinski definition) is 0.